The van der Waals surface area contributed by atoms with E-state index < -0.39 is 17.8 Å². The quantitative estimate of drug-likeness (QED) is 0.192. The van der Waals surface area contributed by atoms with Gasteiger partial charge in [-0.3, -0.25) is 14.5 Å². The molecule has 1 saturated heterocycles. The van der Waals surface area contributed by atoms with E-state index in [-0.39, 0.29) is 63.6 Å². The Hall–Kier alpha value is -5.18. The molecule has 0 atom stereocenters. The Morgan fingerprint density at radius 2 is 1.26 bits per heavy atom. The molecule has 15 nitrogen and oxygen atoms in total. The van der Waals surface area contributed by atoms with Crippen molar-refractivity contribution in [3.8, 4) is 23.0 Å². The summed E-state index contributed by atoms with van der Waals surface area (Å²) in [7, 11) is 5.43. The van der Waals surface area contributed by atoms with E-state index >= 15 is 0 Å². The number of methoxy groups -OCH3 is 4. The average Bonchev–Trinajstić information content (AvgIpc) is 3.00. The molecule has 1 aliphatic heterocycles. The van der Waals surface area contributed by atoms with Gasteiger partial charge in [0.1, 0.15) is 11.1 Å². The van der Waals surface area contributed by atoms with Gasteiger partial charge in [-0.25, -0.2) is 20.4 Å². The summed E-state index contributed by atoms with van der Waals surface area (Å²) in [5, 5.41) is 27.0. The molecular weight excluding hydrogens is 566 g/mol. The van der Waals surface area contributed by atoms with Crippen LogP contribution in [0.4, 0.5) is 0 Å². The van der Waals surface area contributed by atoms with Crippen molar-refractivity contribution in [1.29, 1.82) is 0 Å². The Morgan fingerprint density at radius 1 is 0.791 bits per heavy atom. The maximum atomic E-state index is 12.6. The van der Waals surface area contributed by atoms with Crippen molar-refractivity contribution in [2.24, 2.45) is 16.1 Å². The number of ether oxygens (including phenoxy) is 4. The number of carboxylic acids is 2. The normalized spacial score (nSPS) is 14.0. The van der Waals surface area contributed by atoms with Crippen molar-refractivity contribution >= 4 is 36.2 Å². The number of carboxylic acid groups (broad SMARTS) is 2. The summed E-state index contributed by atoms with van der Waals surface area (Å²) in [6, 6.07) is 6.05. The van der Waals surface area contributed by atoms with Crippen LogP contribution in [0.25, 0.3) is 0 Å². The van der Waals surface area contributed by atoms with Crippen molar-refractivity contribution in [3.63, 3.8) is 0 Å². The number of likely N-dealkylation sites (tertiary alicyclic amines) is 1. The number of hydrogen-bond acceptors (Lipinski definition) is 11. The minimum absolute atomic E-state index is 0.0266. The van der Waals surface area contributed by atoms with E-state index in [2.05, 4.69) is 21.1 Å². The molecule has 0 bridgehead atoms. The number of rotatable bonds is 13. The third kappa shape index (κ3) is 7.97. The molecule has 230 valence electrons. The molecule has 43 heavy (non-hydrogen) atoms. The van der Waals surface area contributed by atoms with E-state index in [9.17, 15) is 29.4 Å². The van der Waals surface area contributed by atoms with E-state index in [0.717, 1.165) is 0 Å². The van der Waals surface area contributed by atoms with Crippen LogP contribution < -0.4 is 29.8 Å². The van der Waals surface area contributed by atoms with Crippen LogP contribution in [0.5, 0.6) is 23.0 Å². The zero-order chi connectivity index (χ0) is 31.5. The monoisotopic (exact) mass is 599 g/mol. The van der Waals surface area contributed by atoms with Crippen molar-refractivity contribution < 1.29 is 48.3 Å². The van der Waals surface area contributed by atoms with Crippen LogP contribution in [0.2, 0.25) is 0 Å². The van der Waals surface area contributed by atoms with Crippen LogP contribution in [0.15, 0.2) is 34.5 Å². The number of nitrogens with zero attached hydrogens (tertiary/aromatic N) is 3. The molecule has 2 aromatic rings. The molecule has 4 N–H and O–H groups in total. The van der Waals surface area contributed by atoms with Crippen molar-refractivity contribution in [2.45, 2.75) is 12.8 Å². The lowest BCUT2D eigenvalue weighted by Crippen LogP contribution is -2.43. The number of hydrogen-bond donors (Lipinski definition) is 4. The van der Waals surface area contributed by atoms with Crippen LogP contribution >= 0.6 is 0 Å². The minimum atomic E-state index is -1.24. The summed E-state index contributed by atoms with van der Waals surface area (Å²) >= 11 is 0. The highest BCUT2D eigenvalue weighted by Crippen LogP contribution is 2.34. The molecule has 1 fully saturated rings. The fourth-order valence-electron chi connectivity index (χ4n) is 4.56. The topological polar surface area (TPSA) is 198 Å². The first-order valence-corrected chi connectivity index (χ1v) is 13.0. The minimum Gasteiger partial charge on any atom is -0.493 e. The van der Waals surface area contributed by atoms with Gasteiger partial charge in [-0.1, -0.05) is 0 Å². The van der Waals surface area contributed by atoms with Gasteiger partial charge in [-0.2, -0.15) is 10.2 Å². The largest absolute Gasteiger partial charge is 0.493 e. The Morgan fingerprint density at radius 3 is 1.67 bits per heavy atom. The molecule has 1 aliphatic rings. The second-order valence-corrected chi connectivity index (χ2v) is 9.22. The van der Waals surface area contributed by atoms with E-state index in [1.54, 1.807) is 0 Å². The Kier molecular flexibility index (Phi) is 11.4. The second-order valence-electron chi connectivity index (χ2n) is 9.22. The first-order valence-electron chi connectivity index (χ1n) is 13.0. The lowest BCUT2D eigenvalue weighted by molar-refractivity contribution is -0.126. The van der Waals surface area contributed by atoms with Crippen LogP contribution in [0.3, 0.4) is 0 Å². The predicted molar refractivity (Wildman–Crippen MR) is 154 cm³/mol. The van der Waals surface area contributed by atoms with E-state index in [1.807, 2.05) is 4.90 Å². The highest BCUT2D eigenvalue weighted by atomic mass is 16.5. The van der Waals surface area contributed by atoms with Gasteiger partial charge in [-0.05, 0) is 50.2 Å². The first-order chi connectivity index (χ1) is 20.6. The number of benzene rings is 2. The highest BCUT2D eigenvalue weighted by Gasteiger charge is 2.26. The van der Waals surface area contributed by atoms with E-state index in [1.165, 1.54) is 65.1 Å². The third-order valence-corrected chi connectivity index (χ3v) is 6.68. The summed E-state index contributed by atoms with van der Waals surface area (Å²) in [6.07, 6.45) is 3.39. The third-order valence-electron chi connectivity index (χ3n) is 6.68. The zero-order valence-electron chi connectivity index (χ0n) is 24.1. The van der Waals surface area contributed by atoms with E-state index in [4.69, 9.17) is 18.9 Å². The maximum Gasteiger partial charge on any atom is 0.340 e. The van der Waals surface area contributed by atoms with Gasteiger partial charge < -0.3 is 29.2 Å². The van der Waals surface area contributed by atoms with Gasteiger partial charge >= 0.3 is 11.9 Å². The molecule has 2 amide bonds. The van der Waals surface area contributed by atoms with Crippen molar-refractivity contribution in [1.82, 2.24) is 15.8 Å². The molecule has 0 radical (unpaired) electrons. The summed E-state index contributed by atoms with van der Waals surface area (Å²) in [5.41, 5.74) is 4.96. The maximum absolute atomic E-state index is 12.6. The molecule has 2 aromatic carbocycles. The smallest absolute Gasteiger partial charge is 0.340 e. The van der Waals surface area contributed by atoms with E-state index in [0.29, 0.717) is 25.9 Å². The number of nitrogens with one attached hydrogen (secondary N) is 2. The van der Waals surface area contributed by atoms with Crippen LogP contribution in [0, 0.1) is 5.92 Å². The zero-order valence-corrected chi connectivity index (χ0v) is 24.1. The second kappa shape index (κ2) is 15.2. The molecule has 3 rings (SSSR count). The highest BCUT2D eigenvalue weighted by molar-refractivity contribution is 6.03. The number of amides is 2. The lowest BCUT2D eigenvalue weighted by Gasteiger charge is -2.30. The number of carbonyl (C=O) groups is 4. The van der Waals surface area contributed by atoms with Crippen LogP contribution in [-0.2, 0) is 9.59 Å². The molecule has 1 heterocycles. The SMILES string of the molecule is COc1ccc(/C=N/NC(=O)CN2CCC(C(=O)N/N=C/c3ccc(OC)c(OC)c3C(=O)O)CC2)c(C(=O)O)c1OC. The van der Waals surface area contributed by atoms with Gasteiger partial charge in [0.2, 0.25) is 5.91 Å². The Labute approximate surface area is 247 Å². The summed E-state index contributed by atoms with van der Waals surface area (Å²) < 4.78 is 20.6. The summed E-state index contributed by atoms with van der Waals surface area (Å²) in [6.45, 7) is 0.964. The molecule has 0 spiro atoms. The predicted octanol–water partition coefficient (Wildman–Crippen LogP) is 1.43. The average molecular weight is 600 g/mol. The first kappa shape index (κ1) is 32.3. The fourth-order valence-corrected chi connectivity index (χ4v) is 4.56. The van der Waals surface area contributed by atoms with Gasteiger partial charge in [0.05, 0.1) is 47.4 Å². The molecule has 15 heteroatoms. The lowest BCUT2D eigenvalue weighted by atomic mass is 9.96. The molecule has 0 aliphatic carbocycles. The van der Waals surface area contributed by atoms with Crippen molar-refractivity contribution in [2.75, 3.05) is 48.1 Å². The summed E-state index contributed by atoms with van der Waals surface area (Å²) in [5.74, 6) is -3.00. The van der Waals surface area contributed by atoms with Gasteiger partial charge in [0, 0.05) is 17.0 Å². The standard InChI is InChI=1S/C28H33N5O10/c1-40-19-7-5-17(22(27(36)37)24(19)42-3)13-29-31-21(34)15-33-11-9-16(10-12-33)26(35)32-30-14-18-6-8-20(41-2)25(43-4)23(18)28(38)39/h5-8,13-14,16H,9-12,15H2,1-4H3,(H,31,34)(H,32,35)(H,36,37)(H,38,39)/b29-13+,30-14+. The number of hydrazone groups is 2. The Bertz CT molecular complexity index is 1420. The number of piperidine rings is 1. The van der Waals surface area contributed by atoms with Crippen molar-refractivity contribution in [3.05, 3.63) is 46.5 Å². The van der Waals surface area contributed by atoms with Crippen LogP contribution in [0.1, 0.15) is 44.7 Å². The summed E-state index contributed by atoms with van der Waals surface area (Å²) in [4.78, 5) is 50.4. The van der Waals surface area contributed by atoms with Gasteiger partial charge in [0.15, 0.2) is 23.0 Å². The molecule has 0 unspecified atom stereocenters. The number of carbonyl (C=O) groups excluding carboxylic acids is 2. The molecule has 0 aromatic heterocycles. The van der Waals surface area contributed by atoms with Gasteiger partial charge in [0.25, 0.3) is 5.91 Å². The van der Waals surface area contributed by atoms with Gasteiger partial charge in [-0.15, -0.1) is 0 Å². The van der Waals surface area contributed by atoms with Crippen LogP contribution in [-0.4, -0.2) is 99.4 Å². The molecule has 0 saturated carbocycles. The Balaban J connectivity index is 1.51. The fraction of sp³-hybridized carbons (Fsp3) is 0.357. The number of aromatic carboxylic acids is 2. The molecular formula is C28H33N5O10.